The molecule has 0 bridgehead atoms. The van der Waals surface area contributed by atoms with Crippen molar-refractivity contribution in [3.63, 3.8) is 0 Å². The van der Waals surface area contributed by atoms with E-state index in [1.165, 1.54) is 24.5 Å². The van der Waals surface area contributed by atoms with E-state index in [1.54, 1.807) is 12.1 Å². The first-order chi connectivity index (χ1) is 14.8. The Balaban J connectivity index is 1.63. The van der Waals surface area contributed by atoms with E-state index in [2.05, 4.69) is 0 Å². The second-order valence-corrected chi connectivity index (χ2v) is 7.53. The average Bonchev–Trinajstić information content (AvgIpc) is 2.75. The van der Waals surface area contributed by atoms with Gasteiger partial charge >= 0.3 is 0 Å². The molecule has 4 rings (SSSR count). The van der Waals surface area contributed by atoms with E-state index in [0.29, 0.717) is 34.6 Å². The predicted octanol–water partition coefficient (Wildman–Crippen LogP) is 2.28. The Morgan fingerprint density at radius 2 is 1.84 bits per heavy atom. The number of rotatable bonds is 4. The quantitative estimate of drug-likeness (QED) is 0.492. The minimum atomic E-state index is -1.65. The standard InChI is InChI=1S/C22H22O9/c1-10-6-13(30-22-21(28)20(27)19(26)16(8-23)31-22)7-15-17(10)18(25)14(9-29-15)11-2-4-12(24)5-3-11/h2-5,7,9-10,16,21-24,26-28H,6,8H2,1H3. The summed E-state index contributed by atoms with van der Waals surface area (Å²) in [6.07, 6.45) is -1.10. The average molecular weight is 430 g/mol. The number of aliphatic hydroxyl groups is 4. The highest BCUT2D eigenvalue weighted by atomic mass is 16.7. The molecule has 0 spiro atoms. The fourth-order valence-electron chi connectivity index (χ4n) is 3.72. The van der Waals surface area contributed by atoms with E-state index >= 15 is 0 Å². The minimum Gasteiger partial charge on any atom is -0.508 e. The van der Waals surface area contributed by atoms with Gasteiger partial charge in [-0.15, -0.1) is 0 Å². The van der Waals surface area contributed by atoms with Crippen molar-refractivity contribution in [3.05, 3.63) is 69.4 Å². The third-order valence-corrected chi connectivity index (χ3v) is 5.37. The van der Waals surface area contributed by atoms with Crippen molar-refractivity contribution < 1.29 is 39.4 Å². The summed E-state index contributed by atoms with van der Waals surface area (Å²) in [6, 6.07) is 6.22. The molecule has 164 valence electrons. The first-order valence-corrected chi connectivity index (χ1v) is 9.68. The van der Waals surface area contributed by atoms with E-state index in [-0.39, 0.29) is 17.1 Å². The zero-order valence-corrected chi connectivity index (χ0v) is 16.6. The SMILES string of the molecule is CC1CC(OC2OC(CO)C(O)=C(O)C2O)=Cc2occ(-c3ccc(O)cc3)c(=O)c21. The van der Waals surface area contributed by atoms with Gasteiger partial charge in [0.1, 0.15) is 29.6 Å². The predicted molar refractivity (Wildman–Crippen MR) is 108 cm³/mol. The molecular weight excluding hydrogens is 408 g/mol. The maximum absolute atomic E-state index is 13.1. The van der Waals surface area contributed by atoms with Gasteiger partial charge in [-0.25, -0.2) is 0 Å². The second kappa shape index (κ2) is 8.10. The van der Waals surface area contributed by atoms with Gasteiger partial charge in [-0.05, 0) is 23.6 Å². The maximum Gasteiger partial charge on any atom is 0.233 e. The van der Waals surface area contributed by atoms with Crippen LogP contribution in [0.15, 0.2) is 57.0 Å². The summed E-state index contributed by atoms with van der Waals surface area (Å²) in [5.41, 5.74) is 1.25. The minimum absolute atomic E-state index is 0.0916. The molecule has 0 amide bonds. The molecule has 31 heavy (non-hydrogen) atoms. The van der Waals surface area contributed by atoms with Crippen LogP contribution in [0, 0.1) is 0 Å². The molecule has 4 atom stereocenters. The number of allylic oxidation sites excluding steroid dienone is 1. The van der Waals surface area contributed by atoms with Crippen molar-refractivity contribution in [3.8, 4) is 16.9 Å². The number of benzene rings is 1. The number of fused-ring (bicyclic) bond motifs is 1. The van der Waals surface area contributed by atoms with Gasteiger partial charge in [0.2, 0.25) is 6.29 Å². The van der Waals surface area contributed by atoms with E-state index in [0.717, 1.165) is 0 Å². The molecule has 2 heterocycles. The summed E-state index contributed by atoms with van der Waals surface area (Å²) in [7, 11) is 0. The van der Waals surface area contributed by atoms with Gasteiger partial charge in [0.25, 0.3) is 0 Å². The molecule has 9 nitrogen and oxygen atoms in total. The number of aliphatic hydroxyl groups excluding tert-OH is 4. The zero-order valence-electron chi connectivity index (χ0n) is 16.6. The van der Waals surface area contributed by atoms with Crippen LogP contribution in [0.4, 0.5) is 0 Å². The van der Waals surface area contributed by atoms with Crippen LogP contribution in [0.1, 0.15) is 30.6 Å². The number of phenolic OH excluding ortho intramolecular Hbond substituents is 1. The lowest BCUT2D eigenvalue weighted by Crippen LogP contribution is -2.44. The lowest BCUT2D eigenvalue weighted by molar-refractivity contribution is -0.215. The third-order valence-electron chi connectivity index (χ3n) is 5.37. The maximum atomic E-state index is 13.1. The largest absolute Gasteiger partial charge is 0.508 e. The highest BCUT2D eigenvalue weighted by Gasteiger charge is 2.39. The summed E-state index contributed by atoms with van der Waals surface area (Å²) in [4.78, 5) is 13.1. The number of ether oxygens (including phenoxy) is 2. The number of aromatic hydroxyl groups is 1. The molecule has 1 aromatic heterocycles. The molecule has 1 aliphatic heterocycles. The molecular formula is C22H22O9. The Hall–Kier alpha value is -3.27. The molecule has 0 radical (unpaired) electrons. The molecule has 9 heteroatoms. The molecule has 2 aromatic rings. The van der Waals surface area contributed by atoms with Crippen LogP contribution >= 0.6 is 0 Å². The van der Waals surface area contributed by atoms with Crippen LogP contribution in [0.25, 0.3) is 17.2 Å². The zero-order chi connectivity index (χ0) is 22.3. The highest BCUT2D eigenvalue weighted by molar-refractivity contribution is 5.66. The molecule has 1 aliphatic carbocycles. The van der Waals surface area contributed by atoms with Crippen LogP contribution in [0.5, 0.6) is 5.75 Å². The fourth-order valence-corrected chi connectivity index (χ4v) is 3.72. The molecule has 0 saturated heterocycles. The summed E-state index contributed by atoms with van der Waals surface area (Å²) in [5.74, 6) is -0.934. The smallest absolute Gasteiger partial charge is 0.233 e. The second-order valence-electron chi connectivity index (χ2n) is 7.53. The van der Waals surface area contributed by atoms with Crippen LogP contribution < -0.4 is 5.43 Å². The van der Waals surface area contributed by atoms with Gasteiger partial charge in [0, 0.05) is 18.1 Å². The van der Waals surface area contributed by atoms with Gasteiger partial charge in [-0.1, -0.05) is 19.1 Å². The third kappa shape index (κ3) is 3.78. The van der Waals surface area contributed by atoms with Gasteiger partial charge in [0.05, 0.1) is 12.2 Å². The Morgan fingerprint density at radius 3 is 2.52 bits per heavy atom. The Morgan fingerprint density at radius 1 is 1.13 bits per heavy atom. The topological polar surface area (TPSA) is 150 Å². The molecule has 0 saturated carbocycles. The van der Waals surface area contributed by atoms with Crippen molar-refractivity contribution >= 4 is 6.08 Å². The van der Waals surface area contributed by atoms with Crippen molar-refractivity contribution in [2.45, 2.75) is 37.8 Å². The normalized spacial score (nSPS) is 25.7. The summed E-state index contributed by atoms with van der Waals surface area (Å²) in [5, 5.41) is 48.4. The van der Waals surface area contributed by atoms with Gasteiger partial charge in [-0.2, -0.15) is 0 Å². The molecule has 0 fully saturated rings. The fraction of sp³-hybridized carbons (Fsp3) is 0.318. The summed E-state index contributed by atoms with van der Waals surface area (Å²) < 4.78 is 16.7. The number of phenols is 1. The molecule has 5 N–H and O–H groups in total. The van der Waals surface area contributed by atoms with E-state index < -0.39 is 36.6 Å². The van der Waals surface area contributed by atoms with Gasteiger partial charge < -0.3 is 39.4 Å². The lowest BCUT2D eigenvalue weighted by atomic mass is 9.89. The van der Waals surface area contributed by atoms with Crippen molar-refractivity contribution in [1.82, 2.24) is 0 Å². The number of hydrogen-bond acceptors (Lipinski definition) is 9. The first kappa shape index (κ1) is 21.0. The van der Waals surface area contributed by atoms with E-state index in [9.17, 15) is 30.3 Å². The molecule has 2 aliphatic rings. The highest BCUT2D eigenvalue weighted by Crippen LogP contribution is 2.35. The van der Waals surface area contributed by atoms with E-state index in [1.807, 2.05) is 6.92 Å². The summed E-state index contributed by atoms with van der Waals surface area (Å²) in [6.45, 7) is 1.21. The number of hydrogen-bond donors (Lipinski definition) is 5. The first-order valence-electron chi connectivity index (χ1n) is 9.68. The Labute approximate surface area is 176 Å². The van der Waals surface area contributed by atoms with Crippen molar-refractivity contribution in [2.24, 2.45) is 0 Å². The van der Waals surface area contributed by atoms with Crippen molar-refractivity contribution in [2.75, 3.05) is 6.61 Å². The van der Waals surface area contributed by atoms with Crippen LogP contribution in [0.2, 0.25) is 0 Å². The van der Waals surface area contributed by atoms with Crippen LogP contribution in [0.3, 0.4) is 0 Å². The Bertz CT molecular complexity index is 1100. The summed E-state index contributed by atoms with van der Waals surface area (Å²) >= 11 is 0. The van der Waals surface area contributed by atoms with Crippen LogP contribution in [-0.4, -0.2) is 50.6 Å². The Kier molecular flexibility index (Phi) is 5.48. The van der Waals surface area contributed by atoms with E-state index in [4.69, 9.17) is 13.9 Å². The monoisotopic (exact) mass is 430 g/mol. The van der Waals surface area contributed by atoms with Gasteiger partial charge in [0.15, 0.2) is 23.1 Å². The van der Waals surface area contributed by atoms with Gasteiger partial charge in [-0.3, -0.25) is 4.79 Å². The molecule has 1 aromatic carbocycles. The molecule has 4 unspecified atom stereocenters. The van der Waals surface area contributed by atoms with Crippen LogP contribution in [-0.2, 0) is 9.47 Å². The lowest BCUT2D eigenvalue weighted by Gasteiger charge is -2.34. The van der Waals surface area contributed by atoms with Crippen molar-refractivity contribution in [1.29, 1.82) is 0 Å².